The van der Waals surface area contributed by atoms with E-state index in [1.807, 2.05) is 24.3 Å². The van der Waals surface area contributed by atoms with Crippen molar-refractivity contribution in [2.24, 2.45) is 0 Å². The van der Waals surface area contributed by atoms with Crippen LogP contribution in [0.5, 0.6) is 0 Å². The predicted molar refractivity (Wildman–Crippen MR) is 80.7 cm³/mol. The zero-order valence-electron chi connectivity index (χ0n) is 10.3. The lowest BCUT2D eigenvalue weighted by molar-refractivity contribution is 0.296. The molecule has 6 heteroatoms. The minimum absolute atomic E-state index is 0.413. The van der Waals surface area contributed by atoms with Crippen LogP contribution in [0, 0.1) is 0 Å². The Kier molecular flexibility index (Phi) is 4.13. The number of sulfonamides is 1. The zero-order valence-corrected chi connectivity index (χ0v) is 12.7. The first-order valence-electron chi connectivity index (χ1n) is 5.75. The first kappa shape index (κ1) is 14.3. The van der Waals surface area contributed by atoms with Gasteiger partial charge in [-0.25, -0.2) is 8.42 Å². The van der Waals surface area contributed by atoms with Crippen molar-refractivity contribution in [2.45, 2.75) is 12.2 Å². The molecule has 0 saturated carbocycles. The molecule has 0 amide bonds. The van der Waals surface area contributed by atoms with Crippen molar-refractivity contribution in [2.75, 3.05) is 11.3 Å². The highest BCUT2D eigenvalue weighted by Crippen LogP contribution is 2.30. The Hall–Kier alpha value is -1.11. The molecule has 2 N–H and O–H groups in total. The number of fused-ring (bicyclic) bond motifs is 1. The van der Waals surface area contributed by atoms with Gasteiger partial charge in [-0.15, -0.1) is 0 Å². The fourth-order valence-corrected chi connectivity index (χ4v) is 3.06. The van der Waals surface area contributed by atoms with Crippen LogP contribution in [0.1, 0.15) is 6.92 Å². The second-order valence-corrected chi connectivity index (χ2v) is 7.23. The number of nitrogens with one attached hydrogen (secondary N) is 1. The van der Waals surface area contributed by atoms with E-state index in [9.17, 15) is 8.42 Å². The molecule has 1 unspecified atom stereocenters. The highest BCUT2D eigenvalue weighted by Gasteiger charge is 2.20. The van der Waals surface area contributed by atoms with Crippen molar-refractivity contribution in [3.8, 4) is 0 Å². The molecule has 0 fully saturated rings. The van der Waals surface area contributed by atoms with Gasteiger partial charge in [-0.1, -0.05) is 40.2 Å². The van der Waals surface area contributed by atoms with Crippen LogP contribution >= 0.6 is 15.9 Å². The van der Waals surface area contributed by atoms with E-state index >= 15 is 0 Å². The third-order valence-electron chi connectivity index (χ3n) is 2.91. The molecule has 0 aliphatic carbocycles. The summed E-state index contributed by atoms with van der Waals surface area (Å²) in [6.07, 6.45) is 0. The topological polar surface area (TPSA) is 66.4 Å². The van der Waals surface area contributed by atoms with Crippen molar-refractivity contribution in [3.05, 3.63) is 40.9 Å². The Balaban J connectivity index is 2.51. The van der Waals surface area contributed by atoms with Crippen molar-refractivity contribution in [1.29, 1.82) is 0 Å². The van der Waals surface area contributed by atoms with Crippen molar-refractivity contribution < 1.29 is 13.5 Å². The molecule has 0 aliphatic heterocycles. The number of aliphatic hydroxyl groups is 1. The Bertz CT molecular complexity index is 700. The van der Waals surface area contributed by atoms with Gasteiger partial charge in [-0.3, -0.25) is 4.72 Å². The molecule has 2 aromatic rings. The molecule has 2 rings (SSSR count). The fourth-order valence-electron chi connectivity index (χ4n) is 1.70. The second kappa shape index (κ2) is 5.48. The van der Waals surface area contributed by atoms with Gasteiger partial charge in [-0.05, 0) is 24.4 Å². The number of aliphatic hydroxyl groups excluding tert-OH is 1. The quantitative estimate of drug-likeness (QED) is 0.896. The molecule has 1 atom stereocenters. The molecule has 102 valence electrons. The Morgan fingerprint density at radius 1 is 1.21 bits per heavy atom. The summed E-state index contributed by atoms with van der Waals surface area (Å²) < 4.78 is 27.4. The van der Waals surface area contributed by atoms with Crippen LogP contribution in [-0.4, -0.2) is 25.4 Å². The summed E-state index contributed by atoms with van der Waals surface area (Å²) in [5.41, 5.74) is 0.513. The first-order chi connectivity index (χ1) is 8.95. The first-order valence-corrected chi connectivity index (χ1v) is 8.09. The normalized spacial score (nSPS) is 13.4. The van der Waals surface area contributed by atoms with E-state index in [0.717, 1.165) is 15.2 Å². The van der Waals surface area contributed by atoms with Gasteiger partial charge in [0.25, 0.3) is 0 Å². The third kappa shape index (κ3) is 2.91. The van der Waals surface area contributed by atoms with E-state index in [-0.39, 0.29) is 0 Å². The molecule has 0 saturated heterocycles. The van der Waals surface area contributed by atoms with Crippen LogP contribution in [0.2, 0.25) is 0 Å². The van der Waals surface area contributed by atoms with Crippen LogP contribution in [0.25, 0.3) is 10.8 Å². The fraction of sp³-hybridized carbons (Fsp3) is 0.231. The maximum Gasteiger partial charge on any atom is 0.237 e. The van der Waals surface area contributed by atoms with Crippen LogP contribution in [0.3, 0.4) is 0 Å². The number of hydrogen-bond acceptors (Lipinski definition) is 3. The summed E-state index contributed by atoms with van der Waals surface area (Å²) in [6, 6.07) is 11.0. The zero-order chi connectivity index (χ0) is 14.0. The lowest BCUT2D eigenvalue weighted by Crippen LogP contribution is -2.28. The molecule has 0 spiro atoms. The molecule has 0 heterocycles. The maximum atomic E-state index is 12.0. The van der Waals surface area contributed by atoms with Gasteiger partial charge in [0.2, 0.25) is 10.0 Å². The molecule has 19 heavy (non-hydrogen) atoms. The summed E-state index contributed by atoms with van der Waals surface area (Å²) in [6.45, 7) is 1.05. The summed E-state index contributed by atoms with van der Waals surface area (Å²) >= 11 is 3.44. The van der Waals surface area contributed by atoms with Crippen LogP contribution in [0.15, 0.2) is 40.9 Å². The van der Waals surface area contributed by atoms with E-state index in [0.29, 0.717) is 5.69 Å². The Labute approximate surface area is 120 Å². The molecule has 0 bridgehead atoms. The molecule has 2 aromatic carbocycles. The summed E-state index contributed by atoms with van der Waals surface area (Å²) in [5.74, 6) is 0. The molecule has 0 aliphatic rings. The van der Waals surface area contributed by atoms with Crippen LogP contribution in [0.4, 0.5) is 5.69 Å². The van der Waals surface area contributed by atoms with E-state index in [1.54, 1.807) is 12.1 Å². The Morgan fingerprint density at radius 3 is 2.47 bits per heavy atom. The SMILES string of the molecule is CC(CO)S(=O)(=O)Nc1ccc(Br)c2ccccc12. The number of anilines is 1. The van der Waals surface area contributed by atoms with Gasteiger partial charge in [0.15, 0.2) is 0 Å². The van der Waals surface area contributed by atoms with Gasteiger partial charge in [0.1, 0.15) is 5.25 Å². The van der Waals surface area contributed by atoms with Gasteiger partial charge in [0.05, 0.1) is 12.3 Å². The van der Waals surface area contributed by atoms with E-state index in [2.05, 4.69) is 20.7 Å². The Morgan fingerprint density at radius 2 is 1.84 bits per heavy atom. The van der Waals surface area contributed by atoms with Gasteiger partial charge >= 0.3 is 0 Å². The van der Waals surface area contributed by atoms with E-state index in [4.69, 9.17) is 5.11 Å². The highest BCUT2D eigenvalue weighted by molar-refractivity contribution is 9.10. The minimum Gasteiger partial charge on any atom is -0.395 e. The largest absolute Gasteiger partial charge is 0.395 e. The standard InChI is InChI=1S/C13H14BrNO3S/c1-9(8-16)19(17,18)15-13-7-6-12(14)10-4-2-3-5-11(10)13/h2-7,9,15-16H,8H2,1H3. The lowest BCUT2D eigenvalue weighted by Gasteiger charge is -2.14. The number of rotatable bonds is 4. The van der Waals surface area contributed by atoms with Crippen LogP contribution in [-0.2, 0) is 10.0 Å². The third-order valence-corrected chi connectivity index (χ3v) is 5.31. The van der Waals surface area contributed by atoms with Crippen LogP contribution < -0.4 is 4.72 Å². The average Bonchev–Trinajstić information content (AvgIpc) is 2.41. The highest BCUT2D eigenvalue weighted by atomic mass is 79.9. The number of benzene rings is 2. The van der Waals surface area contributed by atoms with Gasteiger partial charge in [-0.2, -0.15) is 0 Å². The van der Waals surface area contributed by atoms with E-state index < -0.39 is 21.9 Å². The van der Waals surface area contributed by atoms with Crippen molar-refractivity contribution in [1.82, 2.24) is 0 Å². The maximum absolute atomic E-state index is 12.0. The van der Waals surface area contributed by atoms with E-state index in [1.165, 1.54) is 6.92 Å². The van der Waals surface area contributed by atoms with Crippen molar-refractivity contribution in [3.63, 3.8) is 0 Å². The monoisotopic (exact) mass is 343 g/mol. The molecular formula is C13H14BrNO3S. The average molecular weight is 344 g/mol. The molecule has 4 nitrogen and oxygen atoms in total. The second-order valence-electron chi connectivity index (χ2n) is 4.28. The molecular weight excluding hydrogens is 330 g/mol. The summed E-state index contributed by atoms with van der Waals surface area (Å²) in [4.78, 5) is 0. The van der Waals surface area contributed by atoms with Crippen molar-refractivity contribution >= 4 is 42.4 Å². The number of halogens is 1. The predicted octanol–water partition coefficient (Wildman–Crippen LogP) is 2.72. The summed E-state index contributed by atoms with van der Waals surface area (Å²) in [7, 11) is -3.58. The van der Waals surface area contributed by atoms with Gasteiger partial charge < -0.3 is 5.11 Å². The summed E-state index contributed by atoms with van der Waals surface area (Å²) in [5, 5.41) is 9.87. The van der Waals surface area contributed by atoms with Gasteiger partial charge in [0, 0.05) is 9.86 Å². The minimum atomic E-state index is -3.58. The lowest BCUT2D eigenvalue weighted by atomic mass is 10.1. The smallest absolute Gasteiger partial charge is 0.237 e. The molecule has 0 radical (unpaired) electrons. The molecule has 0 aromatic heterocycles. The number of hydrogen-bond donors (Lipinski definition) is 2.